The van der Waals surface area contributed by atoms with Crippen molar-refractivity contribution >= 4 is 17.3 Å². The van der Waals surface area contributed by atoms with E-state index in [1.54, 1.807) is 18.2 Å². The van der Waals surface area contributed by atoms with Crippen molar-refractivity contribution in [2.75, 3.05) is 11.1 Å². The molecule has 4 nitrogen and oxygen atoms in total. The maximum absolute atomic E-state index is 11.2. The molecule has 2 rings (SSSR count). The molecule has 1 aliphatic rings. The number of carboxylic acids is 1. The fourth-order valence-electron chi connectivity index (χ4n) is 2.93. The van der Waals surface area contributed by atoms with E-state index in [2.05, 4.69) is 19.2 Å². The van der Waals surface area contributed by atoms with Gasteiger partial charge in [-0.2, -0.15) is 0 Å². The van der Waals surface area contributed by atoms with Gasteiger partial charge in [0.2, 0.25) is 0 Å². The molecule has 1 fully saturated rings. The number of hydrogen-bond acceptors (Lipinski definition) is 3. The van der Waals surface area contributed by atoms with Crippen LogP contribution in [0.15, 0.2) is 18.2 Å². The maximum atomic E-state index is 11.2. The third kappa shape index (κ3) is 3.19. The second-order valence-electron chi connectivity index (χ2n) is 6.18. The molecule has 19 heavy (non-hydrogen) atoms. The van der Waals surface area contributed by atoms with E-state index in [0.29, 0.717) is 22.8 Å². The van der Waals surface area contributed by atoms with Crippen molar-refractivity contribution in [2.45, 2.75) is 45.6 Å². The number of benzene rings is 1. The average Bonchev–Trinajstić information content (AvgIpc) is 2.30. The number of nitrogens with one attached hydrogen (secondary N) is 1. The van der Waals surface area contributed by atoms with Crippen LogP contribution < -0.4 is 11.1 Å². The highest BCUT2D eigenvalue weighted by atomic mass is 16.4. The zero-order chi connectivity index (χ0) is 14.0. The van der Waals surface area contributed by atoms with Crippen LogP contribution in [-0.2, 0) is 0 Å². The Morgan fingerprint density at radius 1 is 1.47 bits per heavy atom. The van der Waals surface area contributed by atoms with Crippen LogP contribution in [0.3, 0.4) is 0 Å². The molecular formula is C15H22N2O2. The zero-order valence-electron chi connectivity index (χ0n) is 11.6. The molecule has 4 heteroatoms. The number of rotatable bonds is 3. The Morgan fingerprint density at radius 2 is 2.21 bits per heavy atom. The molecule has 1 saturated carbocycles. The van der Waals surface area contributed by atoms with Gasteiger partial charge in [0.15, 0.2) is 0 Å². The normalized spacial score (nSPS) is 21.9. The van der Waals surface area contributed by atoms with E-state index in [4.69, 9.17) is 5.73 Å². The van der Waals surface area contributed by atoms with Crippen molar-refractivity contribution in [3.05, 3.63) is 23.8 Å². The summed E-state index contributed by atoms with van der Waals surface area (Å²) < 4.78 is 0. The van der Waals surface area contributed by atoms with Crippen LogP contribution in [0.4, 0.5) is 11.4 Å². The molecule has 4 N–H and O–H groups in total. The summed E-state index contributed by atoms with van der Waals surface area (Å²) in [7, 11) is 0. The SMILES string of the molecule is CC1(C)CCCC(Nc2c(N)cccc2C(=O)O)C1. The predicted octanol–water partition coefficient (Wildman–Crippen LogP) is 3.35. The van der Waals surface area contributed by atoms with Crippen molar-refractivity contribution in [3.63, 3.8) is 0 Å². The minimum absolute atomic E-state index is 0.253. The van der Waals surface area contributed by atoms with Crippen LogP contribution in [0.25, 0.3) is 0 Å². The molecule has 0 spiro atoms. The largest absolute Gasteiger partial charge is 0.478 e. The van der Waals surface area contributed by atoms with Crippen molar-refractivity contribution in [3.8, 4) is 0 Å². The summed E-state index contributed by atoms with van der Waals surface area (Å²) in [5, 5.41) is 12.6. The number of para-hydroxylation sites is 1. The van der Waals surface area contributed by atoms with Crippen LogP contribution in [0.2, 0.25) is 0 Å². The van der Waals surface area contributed by atoms with Gasteiger partial charge in [-0.05, 0) is 36.8 Å². The molecule has 0 amide bonds. The summed E-state index contributed by atoms with van der Waals surface area (Å²) in [4.78, 5) is 11.2. The smallest absolute Gasteiger partial charge is 0.337 e. The fraction of sp³-hybridized carbons (Fsp3) is 0.533. The third-order valence-corrected chi connectivity index (χ3v) is 3.88. The average molecular weight is 262 g/mol. The molecule has 0 aliphatic heterocycles. The first-order chi connectivity index (χ1) is 8.89. The van der Waals surface area contributed by atoms with Crippen LogP contribution in [0, 0.1) is 5.41 Å². The van der Waals surface area contributed by atoms with Crippen molar-refractivity contribution in [1.29, 1.82) is 0 Å². The molecular weight excluding hydrogens is 240 g/mol. The van der Waals surface area contributed by atoms with Crippen molar-refractivity contribution < 1.29 is 9.90 Å². The Kier molecular flexibility index (Phi) is 3.69. The summed E-state index contributed by atoms with van der Waals surface area (Å²) in [5.41, 5.74) is 7.55. The van der Waals surface area contributed by atoms with Gasteiger partial charge in [0.05, 0.1) is 16.9 Å². The molecule has 0 bridgehead atoms. The minimum atomic E-state index is -0.940. The highest BCUT2D eigenvalue weighted by Crippen LogP contribution is 2.37. The summed E-state index contributed by atoms with van der Waals surface area (Å²) in [6.45, 7) is 4.51. The van der Waals surface area contributed by atoms with Gasteiger partial charge in [0.1, 0.15) is 0 Å². The van der Waals surface area contributed by atoms with E-state index >= 15 is 0 Å². The third-order valence-electron chi connectivity index (χ3n) is 3.88. The molecule has 1 aliphatic carbocycles. The lowest BCUT2D eigenvalue weighted by atomic mass is 9.75. The van der Waals surface area contributed by atoms with E-state index in [0.717, 1.165) is 12.8 Å². The molecule has 0 heterocycles. The van der Waals surface area contributed by atoms with Gasteiger partial charge in [-0.3, -0.25) is 0 Å². The van der Waals surface area contributed by atoms with E-state index < -0.39 is 5.97 Å². The number of anilines is 2. The van der Waals surface area contributed by atoms with Crippen LogP contribution in [0.5, 0.6) is 0 Å². The first-order valence-electron chi connectivity index (χ1n) is 6.77. The van der Waals surface area contributed by atoms with Crippen molar-refractivity contribution in [1.82, 2.24) is 0 Å². The summed E-state index contributed by atoms with van der Waals surface area (Å²) in [6, 6.07) is 5.30. The first kappa shape index (κ1) is 13.7. The van der Waals surface area contributed by atoms with Gasteiger partial charge in [0, 0.05) is 6.04 Å². The lowest BCUT2D eigenvalue weighted by molar-refractivity contribution is 0.0698. The highest BCUT2D eigenvalue weighted by molar-refractivity contribution is 5.97. The molecule has 104 valence electrons. The summed E-state index contributed by atoms with van der Waals surface area (Å²) in [5.74, 6) is -0.940. The van der Waals surface area contributed by atoms with E-state index in [1.807, 2.05) is 0 Å². The molecule has 1 atom stereocenters. The lowest BCUT2D eigenvalue weighted by Gasteiger charge is -2.36. The number of hydrogen-bond donors (Lipinski definition) is 3. The predicted molar refractivity (Wildman–Crippen MR) is 77.5 cm³/mol. The number of nitrogen functional groups attached to an aromatic ring is 1. The summed E-state index contributed by atoms with van der Waals surface area (Å²) in [6.07, 6.45) is 4.50. The summed E-state index contributed by atoms with van der Waals surface area (Å²) >= 11 is 0. The molecule has 1 aromatic carbocycles. The Hall–Kier alpha value is -1.71. The Bertz CT molecular complexity index is 483. The van der Waals surface area contributed by atoms with Gasteiger partial charge in [-0.1, -0.05) is 26.3 Å². The van der Waals surface area contributed by atoms with Crippen LogP contribution >= 0.6 is 0 Å². The topological polar surface area (TPSA) is 75.3 Å². The van der Waals surface area contributed by atoms with Crippen molar-refractivity contribution in [2.24, 2.45) is 5.41 Å². The first-order valence-corrected chi connectivity index (χ1v) is 6.77. The minimum Gasteiger partial charge on any atom is -0.478 e. The van der Waals surface area contributed by atoms with Gasteiger partial charge in [-0.15, -0.1) is 0 Å². The monoisotopic (exact) mass is 262 g/mol. The number of carbonyl (C=O) groups is 1. The number of nitrogens with two attached hydrogens (primary N) is 1. The molecule has 0 radical (unpaired) electrons. The van der Waals surface area contributed by atoms with Gasteiger partial charge < -0.3 is 16.2 Å². The highest BCUT2D eigenvalue weighted by Gasteiger charge is 2.28. The second-order valence-corrected chi connectivity index (χ2v) is 6.18. The molecule has 1 aromatic rings. The molecule has 0 aromatic heterocycles. The molecule has 1 unspecified atom stereocenters. The van der Waals surface area contributed by atoms with E-state index in [-0.39, 0.29) is 5.56 Å². The van der Waals surface area contributed by atoms with Gasteiger partial charge in [0.25, 0.3) is 0 Å². The Balaban J connectivity index is 2.21. The fourth-order valence-corrected chi connectivity index (χ4v) is 2.93. The Morgan fingerprint density at radius 3 is 2.84 bits per heavy atom. The standard InChI is InChI=1S/C15H22N2O2/c1-15(2)8-4-5-10(9-15)17-13-11(14(18)19)6-3-7-12(13)16/h3,6-7,10,17H,4-5,8-9,16H2,1-2H3,(H,18,19). The van der Waals surface area contributed by atoms with E-state index in [1.165, 1.54) is 12.8 Å². The quantitative estimate of drug-likeness (QED) is 0.730. The molecule has 0 saturated heterocycles. The van der Waals surface area contributed by atoms with Gasteiger partial charge in [-0.25, -0.2) is 4.79 Å². The van der Waals surface area contributed by atoms with Crippen LogP contribution in [0.1, 0.15) is 49.9 Å². The zero-order valence-corrected chi connectivity index (χ0v) is 11.6. The Labute approximate surface area is 114 Å². The number of carboxylic acid groups (broad SMARTS) is 1. The van der Waals surface area contributed by atoms with E-state index in [9.17, 15) is 9.90 Å². The van der Waals surface area contributed by atoms with Gasteiger partial charge >= 0.3 is 5.97 Å². The maximum Gasteiger partial charge on any atom is 0.337 e. The van der Waals surface area contributed by atoms with Crippen LogP contribution in [-0.4, -0.2) is 17.1 Å². The number of aromatic carboxylic acids is 1. The second kappa shape index (κ2) is 5.11. The lowest BCUT2D eigenvalue weighted by Crippen LogP contribution is -2.32.